The number of methoxy groups -OCH3 is 1. The Balaban J connectivity index is 2.34. The molecule has 3 nitrogen and oxygen atoms in total. The number of H-pyrrole nitrogens is 1. The standard InChI is InChI=1S/C16H10F6N2O/c1-25-12-7-8(15(17,18)19)6-9(16(20,21)22)13(12)14-23-10-4-2-3-5-11(10)24-14/h2-7H,1H3,(H,23,24). The van der Waals surface area contributed by atoms with Crippen LogP contribution >= 0.6 is 0 Å². The summed E-state index contributed by atoms with van der Waals surface area (Å²) in [6.07, 6.45) is -9.97. The molecule has 2 aromatic carbocycles. The minimum absolute atomic E-state index is 0.0606. The van der Waals surface area contributed by atoms with Gasteiger partial charge < -0.3 is 9.72 Å². The maximum atomic E-state index is 13.4. The largest absolute Gasteiger partial charge is 0.496 e. The highest BCUT2D eigenvalue weighted by Crippen LogP contribution is 2.45. The number of rotatable bonds is 2. The number of alkyl halides is 6. The first kappa shape index (κ1) is 17.1. The molecule has 132 valence electrons. The van der Waals surface area contributed by atoms with E-state index in [0.717, 1.165) is 7.11 Å². The van der Waals surface area contributed by atoms with Gasteiger partial charge in [-0.05, 0) is 24.3 Å². The number of halogens is 6. The number of hydrogen-bond acceptors (Lipinski definition) is 2. The molecule has 0 saturated heterocycles. The number of aromatic amines is 1. The van der Waals surface area contributed by atoms with Gasteiger partial charge in [-0.2, -0.15) is 26.3 Å². The lowest BCUT2D eigenvalue weighted by atomic mass is 10.0. The Hall–Kier alpha value is -2.71. The summed E-state index contributed by atoms with van der Waals surface area (Å²) in [5.41, 5.74) is -2.66. The molecule has 1 heterocycles. The second kappa shape index (κ2) is 5.68. The Labute approximate surface area is 137 Å². The van der Waals surface area contributed by atoms with Crippen molar-refractivity contribution in [2.75, 3.05) is 7.11 Å². The van der Waals surface area contributed by atoms with Crippen molar-refractivity contribution < 1.29 is 31.1 Å². The summed E-state index contributed by atoms with van der Waals surface area (Å²) >= 11 is 0. The molecular weight excluding hydrogens is 350 g/mol. The Morgan fingerprint density at radius 2 is 1.64 bits per heavy atom. The number of fused-ring (bicyclic) bond motifs is 1. The van der Waals surface area contributed by atoms with Crippen LogP contribution in [0.3, 0.4) is 0 Å². The predicted molar refractivity (Wildman–Crippen MR) is 78.1 cm³/mol. The minimum Gasteiger partial charge on any atom is -0.496 e. The third kappa shape index (κ3) is 3.13. The predicted octanol–water partition coefficient (Wildman–Crippen LogP) is 5.28. The third-order valence-electron chi connectivity index (χ3n) is 3.58. The first-order valence-corrected chi connectivity index (χ1v) is 6.93. The highest BCUT2D eigenvalue weighted by Gasteiger charge is 2.41. The Morgan fingerprint density at radius 3 is 2.20 bits per heavy atom. The molecule has 3 rings (SSSR count). The van der Waals surface area contributed by atoms with Crippen LogP contribution in [0, 0.1) is 0 Å². The van der Waals surface area contributed by atoms with Gasteiger partial charge in [0, 0.05) is 0 Å². The van der Waals surface area contributed by atoms with Crippen molar-refractivity contribution in [2.45, 2.75) is 12.4 Å². The second-order valence-electron chi connectivity index (χ2n) is 5.20. The van der Waals surface area contributed by atoms with Crippen LogP contribution in [0.15, 0.2) is 36.4 Å². The van der Waals surface area contributed by atoms with Gasteiger partial charge in [-0.15, -0.1) is 0 Å². The zero-order valence-electron chi connectivity index (χ0n) is 12.6. The van der Waals surface area contributed by atoms with E-state index in [1.165, 1.54) is 0 Å². The molecule has 0 amide bonds. The smallest absolute Gasteiger partial charge is 0.417 e. The molecule has 0 bridgehead atoms. The van der Waals surface area contributed by atoms with Gasteiger partial charge in [-0.25, -0.2) is 4.98 Å². The molecule has 3 aromatic rings. The highest BCUT2D eigenvalue weighted by molar-refractivity contribution is 5.82. The number of aromatic nitrogens is 2. The average molecular weight is 360 g/mol. The van der Waals surface area contributed by atoms with Crippen LogP contribution in [-0.4, -0.2) is 17.1 Å². The number of para-hydroxylation sites is 2. The minimum atomic E-state index is -5.02. The van der Waals surface area contributed by atoms with Crippen LogP contribution in [0.1, 0.15) is 11.1 Å². The van der Waals surface area contributed by atoms with E-state index < -0.39 is 34.8 Å². The number of nitrogens with zero attached hydrogens (tertiary/aromatic N) is 1. The lowest BCUT2D eigenvalue weighted by Gasteiger charge is -2.18. The first-order valence-electron chi connectivity index (χ1n) is 6.93. The molecule has 0 aliphatic carbocycles. The normalized spacial score (nSPS) is 12.6. The summed E-state index contributed by atoms with van der Waals surface area (Å²) in [5.74, 6) is -0.791. The number of ether oxygens (including phenoxy) is 1. The molecule has 0 radical (unpaired) electrons. The summed E-state index contributed by atoms with van der Waals surface area (Å²) in [7, 11) is 1.00. The lowest BCUT2D eigenvalue weighted by Crippen LogP contribution is -2.13. The van der Waals surface area contributed by atoms with Gasteiger partial charge in [0.1, 0.15) is 11.6 Å². The molecule has 1 aromatic heterocycles. The maximum absolute atomic E-state index is 13.4. The van der Waals surface area contributed by atoms with E-state index in [1.54, 1.807) is 24.3 Å². The van der Waals surface area contributed by atoms with Crippen molar-refractivity contribution in [2.24, 2.45) is 0 Å². The molecule has 0 fully saturated rings. The SMILES string of the molecule is COc1cc(C(F)(F)F)cc(C(F)(F)F)c1-c1nc2ccccc2[nH]1. The van der Waals surface area contributed by atoms with Crippen molar-refractivity contribution in [1.29, 1.82) is 0 Å². The van der Waals surface area contributed by atoms with Gasteiger partial charge in [0.05, 0.1) is 34.8 Å². The summed E-state index contributed by atoms with van der Waals surface area (Å²) in [4.78, 5) is 6.73. The number of hydrogen-bond donors (Lipinski definition) is 1. The van der Waals surface area contributed by atoms with E-state index >= 15 is 0 Å². The van der Waals surface area contributed by atoms with E-state index in [4.69, 9.17) is 4.74 Å². The maximum Gasteiger partial charge on any atom is 0.417 e. The second-order valence-corrected chi connectivity index (χ2v) is 5.20. The number of imidazole rings is 1. The van der Waals surface area contributed by atoms with Crippen molar-refractivity contribution in [3.05, 3.63) is 47.5 Å². The zero-order valence-corrected chi connectivity index (χ0v) is 12.6. The number of benzene rings is 2. The highest BCUT2D eigenvalue weighted by atomic mass is 19.4. The Morgan fingerprint density at radius 1 is 0.960 bits per heavy atom. The van der Waals surface area contributed by atoms with Crippen molar-refractivity contribution in [3.63, 3.8) is 0 Å². The van der Waals surface area contributed by atoms with Gasteiger partial charge in [0.25, 0.3) is 0 Å². The van der Waals surface area contributed by atoms with Gasteiger partial charge >= 0.3 is 12.4 Å². The van der Waals surface area contributed by atoms with Gasteiger partial charge in [0.2, 0.25) is 0 Å². The van der Waals surface area contributed by atoms with Crippen LogP contribution in [0.25, 0.3) is 22.4 Å². The summed E-state index contributed by atoms with van der Waals surface area (Å²) in [6, 6.07) is 7.04. The first-order chi connectivity index (χ1) is 11.6. The van der Waals surface area contributed by atoms with Crippen LogP contribution in [0.2, 0.25) is 0 Å². The molecular formula is C16H10F6N2O. The monoisotopic (exact) mass is 360 g/mol. The van der Waals surface area contributed by atoms with Crippen molar-refractivity contribution in [3.8, 4) is 17.1 Å². The van der Waals surface area contributed by atoms with Crippen molar-refractivity contribution in [1.82, 2.24) is 9.97 Å². The van der Waals surface area contributed by atoms with E-state index in [9.17, 15) is 26.3 Å². The fraction of sp³-hybridized carbons (Fsp3) is 0.188. The van der Waals surface area contributed by atoms with Crippen LogP contribution < -0.4 is 4.74 Å². The van der Waals surface area contributed by atoms with Crippen LogP contribution in [0.4, 0.5) is 26.3 Å². The van der Waals surface area contributed by atoms with Gasteiger partial charge in [0.15, 0.2) is 0 Å². The van der Waals surface area contributed by atoms with E-state index in [-0.39, 0.29) is 11.9 Å². The summed E-state index contributed by atoms with van der Waals surface area (Å²) in [5, 5.41) is 0. The molecule has 0 aliphatic heterocycles. The fourth-order valence-electron chi connectivity index (χ4n) is 2.48. The molecule has 9 heteroatoms. The summed E-state index contributed by atoms with van der Waals surface area (Å²) in [6.45, 7) is 0. The van der Waals surface area contributed by atoms with E-state index in [1.807, 2.05) is 0 Å². The molecule has 0 unspecified atom stereocenters. The Kier molecular flexibility index (Phi) is 3.89. The average Bonchev–Trinajstić information content (AvgIpc) is 2.95. The number of nitrogens with one attached hydrogen (secondary N) is 1. The Bertz CT molecular complexity index is 894. The van der Waals surface area contributed by atoms with Crippen LogP contribution in [0.5, 0.6) is 5.75 Å². The molecule has 0 aliphatic rings. The van der Waals surface area contributed by atoms with Crippen LogP contribution in [-0.2, 0) is 12.4 Å². The molecule has 0 saturated carbocycles. The molecule has 0 atom stereocenters. The lowest BCUT2D eigenvalue weighted by molar-refractivity contribution is -0.142. The van der Waals surface area contributed by atoms with Gasteiger partial charge in [-0.3, -0.25) is 0 Å². The zero-order chi connectivity index (χ0) is 18.4. The third-order valence-corrected chi connectivity index (χ3v) is 3.58. The molecule has 0 spiro atoms. The topological polar surface area (TPSA) is 37.9 Å². The molecule has 25 heavy (non-hydrogen) atoms. The molecule has 1 N–H and O–H groups in total. The van der Waals surface area contributed by atoms with E-state index in [0.29, 0.717) is 17.1 Å². The van der Waals surface area contributed by atoms with Gasteiger partial charge in [-0.1, -0.05) is 12.1 Å². The van der Waals surface area contributed by atoms with Crippen molar-refractivity contribution >= 4 is 11.0 Å². The summed E-state index contributed by atoms with van der Waals surface area (Å²) < 4.78 is 83.8. The van der Waals surface area contributed by atoms with E-state index in [2.05, 4.69) is 9.97 Å². The quantitative estimate of drug-likeness (QED) is 0.632. The fourth-order valence-corrected chi connectivity index (χ4v) is 2.48.